The maximum absolute atomic E-state index is 13.9. The zero-order valence-electron chi connectivity index (χ0n) is 64.2. The van der Waals surface area contributed by atoms with Gasteiger partial charge in [0.2, 0.25) is 17.2 Å². The van der Waals surface area contributed by atoms with Gasteiger partial charge in [0.1, 0.15) is 7.82 Å². The molecule has 0 fully saturated rings. The van der Waals surface area contributed by atoms with Crippen LogP contribution in [-0.4, -0.2) is 95.3 Å². The minimum absolute atomic E-state index is 0. The van der Waals surface area contributed by atoms with Crippen LogP contribution in [0.2, 0.25) is 0 Å². The number of phosphoric acid groups is 2. The Morgan fingerprint density at radius 2 is 0.559 bits per heavy atom. The van der Waals surface area contributed by atoms with E-state index < -0.39 is 24.2 Å². The molecule has 2 N–H and O–H groups in total. The van der Waals surface area contributed by atoms with E-state index in [1.165, 1.54) is 54.8 Å². The molecule has 0 aliphatic rings. The number of hydrogen-bond acceptors (Lipinski definition) is 24. The monoisotopic (exact) mass is 1590 g/mol. The molecule has 0 aromatic heterocycles. The molecule has 0 atom stereocenters. The summed E-state index contributed by atoms with van der Waals surface area (Å²) in [7, 11) is 7.19. The molecular formula is C82H87Na2O24P3. The molecule has 10 aromatic carbocycles. The van der Waals surface area contributed by atoms with Crippen LogP contribution in [0.1, 0.15) is 55.6 Å². The molecule has 0 aliphatic heterocycles. The Kier molecular flexibility index (Phi) is 40.7. The van der Waals surface area contributed by atoms with E-state index in [4.69, 9.17) is 79.5 Å². The third-order valence-electron chi connectivity index (χ3n) is 15.3. The van der Waals surface area contributed by atoms with Gasteiger partial charge in [-0.15, -0.1) is 0 Å². The van der Waals surface area contributed by atoms with Gasteiger partial charge >= 0.3 is 75.5 Å². The molecule has 0 unspecified atom stereocenters. The van der Waals surface area contributed by atoms with Gasteiger partial charge in [-0.05, 0) is 128 Å². The van der Waals surface area contributed by atoms with Crippen LogP contribution >= 0.6 is 24.2 Å². The maximum Gasteiger partial charge on any atom is 1.00 e. The van der Waals surface area contributed by atoms with E-state index in [2.05, 4.69) is 4.52 Å². The van der Waals surface area contributed by atoms with Crippen molar-refractivity contribution in [2.75, 3.05) is 85.3 Å². The summed E-state index contributed by atoms with van der Waals surface area (Å²) in [6.07, 6.45) is 11.0. The van der Waals surface area contributed by atoms with E-state index in [0.717, 1.165) is 50.1 Å². The van der Waals surface area contributed by atoms with Gasteiger partial charge < -0.3 is 99.3 Å². The number of rotatable bonds is 34. The second-order valence-corrected chi connectivity index (χ2v) is 26.1. The average molecular weight is 1600 g/mol. The third-order valence-corrected chi connectivity index (χ3v) is 17.7. The first-order valence-electron chi connectivity index (χ1n) is 33.1. The maximum atomic E-state index is 13.9. The minimum atomic E-state index is -5.21. The predicted octanol–water partition coefficient (Wildman–Crippen LogP) is 11.2. The molecule has 111 heavy (non-hydrogen) atoms. The fourth-order valence-corrected chi connectivity index (χ4v) is 12.1. The van der Waals surface area contributed by atoms with E-state index in [-0.39, 0.29) is 95.3 Å². The molecule has 0 saturated heterocycles. The summed E-state index contributed by atoms with van der Waals surface area (Å²) in [5.41, 5.74) is 8.33. The molecule has 0 amide bonds. The smallest absolute Gasteiger partial charge is 0.780 e. The zero-order valence-corrected chi connectivity index (χ0v) is 70.9. The molecule has 0 aliphatic carbocycles. The van der Waals surface area contributed by atoms with Gasteiger partial charge in [-0.3, -0.25) is 9.05 Å². The largest absolute Gasteiger partial charge is 1.00 e. The van der Waals surface area contributed by atoms with Crippen LogP contribution in [0.25, 0.3) is 36.5 Å². The minimum Gasteiger partial charge on any atom is -0.780 e. The van der Waals surface area contributed by atoms with E-state index >= 15 is 0 Å². The van der Waals surface area contributed by atoms with E-state index in [1.54, 1.807) is 97.3 Å². The van der Waals surface area contributed by atoms with Gasteiger partial charge in [0.15, 0.2) is 69.0 Å². The van der Waals surface area contributed by atoms with Gasteiger partial charge in [-0.2, -0.15) is 0 Å². The Morgan fingerprint density at radius 1 is 0.306 bits per heavy atom. The van der Waals surface area contributed by atoms with Crippen LogP contribution in [0, 0.1) is 0 Å². The molecule has 0 spiro atoms. The molecule has 0 saturated carbocycles. The van der Waals surface area contributed by atoms with Crippen molar-refractivity contribution in [1.82, 2.24) is 0 Å². The fourth-order valence-electron chi connectivity index (χ4n) is 9.95. The Bertz CT molecular complexity index is 4480. The van der Waals surface area contributed by atoms with Crippen molar-refractivity contribution in [3.8, 4) is 86.2 Å². The number of methoxy groups -OCH3 is 12. The van der Waals surface area contributed by atoms with Crippen molar-refractivity contribution in [3.05, 3.63) is 268 Å². The van der Waals surface area contributed by atoms with Gasteiger partial charge in [0.05, 0.1) is 112 Å². The van der Waals surface area contributed by atoms with E-state index in [0.29, 0.717) is 82.0 Å². The summed E-state index contributed by atoms with van der Waals surface area (Å²) < 4.78 is 121. The normalized spacial score (nSPS) is 10.9. The average Bonchev–Trinajstić information content (AvgIpc) is 0.827. The number of phosphoric ester groups is 2. The number of phenolic OH excluding ortho intramolecular Hbond substituents is 1. The van der Waals surface area contributed by atoms with Crippen molar-refractivity contribution in [3.63, 3.8) is 0 Å². The van der Waals surface area contributed by atoms with Crippen LogP contribution in [0.15, 0.2) is 212 Å². The van der Waals surface area contributed by atoms with Gasteiger partial charge in [0.25, 0.3) is 0 Å². The van der Waals surface area contributed by atoms with Crippen molar-refractivity contribution in [1.29, 1.82) is 0 Å². The van der Waals surface area contributed by atoms with Gasteiger partial charge in [-0.1, -0.05) is 176 Å². The van der Waals surface area contributed by atoms with Crippen molar-refractivity contribution in [2.45, 2.75) is 26.4 Å². The van der Waals surface area contributed by atoms with Gasteiger partial charge in [0, 0.05) is 0 Å². The summed E-state index contributed by atoms with van der Waals surface area (Å²) in [6, 6.07) is 64.1. The predicted molar refractivity (Wildman–Crippen MR) is 416 cm³/mol. The first kappa shape index (κ1) is 92.6. The summed E-state index contributed by atoms with van der Waals surface area (Å²) >= 11 is 0. The number of hydrogen-bond donors (Lipinski definition) is 2. The van der Waals surface area contributed by atoms with Crippen LogP contribution in [0.5, 0.6) is 86.2 Å². The molecule has 29 heteroatoms. The SMILES string of the molecule is COc1ccc(/C=C\c2cc(OC)c(OC)c(OC)c2)cc1O.COc1ccc(/C=C\c2cc(OC)c(OC)c(OC)c2)cc1OP(=O)(OCc1ccccc1)OCc1ccccc1.COc1ccc(/C=C\c2cc(OC)c(OC)c(OC)c2)cc1OP(=O)([O-])[O-].OP(OCc1ccccc1)OCc1ccccc1.[Na+].[Na+]. The molecule has 0 radical (unpaired) electrons. The summed E-state index contributed by atoms with van der Waals surface area (Å²) in [4.78, 5) is 31.4. The molecule has 24 nitrogen and oxygen atoms in total. The molecule has 0 bridgehead atoms. The summed E-state index contributed by atoms with van der Waals surface area (Å²) in [5, 5.41) is 9.81. The quantitative estimate of drug-likeness (QED) is 0.0215. The van der Waals surface area contributed by atoms with Crippen molar-refractivity contribution in [2.24, 2.45) is 0 Å². The summed E-state index contributed by atoms with van der Waals surface area (Å²) in [5.74, 6) is 5.85. The van der Waals surface area contributed by atoms with Crippen molar-refractivity contribution >= 4 is 60.7 Å². The fraction of sp³-hybridized carbons (Fsp3) is 0.195. The Hall–Kier alpha value is -8.97. The molecule has 576 valence electrons. The van der Waals surface area contributed by atoms with Crippen LogP contribution in [-0.2, 0) is 53.7 Å². The second kappa shape index (κ2) is 48.7. The number of benzene rings is 10. The van der Waals surface area contributed by atoms with Crippen LogP contribution in [0.3, 0.4) is 0 Å². The van der Waals surface area contributed by atoms with Crippen molar-refractivity contribution < 1.29 is 172 Å². The second-order valence-electron chi connectivity index (χ2n) is 22.5. The molecule has 10 aromatic rings. The zero-order chi connectivity index (χ0) is 78.6. The third kappa shape index (κ3) is 30.2. The Labute approximate surface area is 693 Å². The molecule has 0 heterocycles. The first-order valence-corrected chi connectivity index (χ1v) is 37.2. The standard InChI is InChI=1S/C32H33O8P.C18H21O8P.C18H20O5.C14H15O3P.2Na/c1-34-28-18-17-24(15-16-27-20-30(35-2)32(37-4)31(21-27)36-3)19-29(28)40-41(33,38-22-25-11-7-5-8-12-25)39-23-26-13-9-6-10-14-26;1-22-14-8-7-12(9-15(14)26-27(19,20)21)5-6-13-10-16(23-2)18(25-4)17(11-13)24-3;1-20-15-8-7-12(9-14(15)19)5-6-13-10-16(21-2)18(23-4)17(11-13)22-3;15-18(16-11-13-7-3-1-4-8-13)17-12-14-9-5-2-6-10-14;;/h5-21H,22-23H2,1-4H3;5-11H,1-4H3,(H2,19,20,21);5-11,19H,1-4H3;1-10,15H,11-12H2;;/q;;;;2*+1/p-2/b16-15-;2*6-5-;;;. The van der Waals surface area contributed by atoms with E-state index in [1.807, 2.05) is 182 Å². The number of phenols is 1. The summed E-state index contributed by atoms with van der Waals surface area (Å²) in [6.45, 7) is 0.793. The Balaban J connectivity index is 0.000000276. The Morgan fingerprint density at radius 3 is 0.829 bits per heavy atom. The van der Waals surface area contributed by atoms with Crippen LogP contribution in [0.4, 0.5) is 0 Å². The van der Waals surface area contributed by atoms with Gasteiger partial charge in [-0.25, -0.2) is 4.57 Å². The first-order chi connectivity index (χ1) is 52.7. The topological polar surface area (TPSA) is 287 Å². The number of aromatic hydroxyl groups is 1. The van der Waals surface area contributed by atoms with Crippen LogP contribution < -0.4 is 135 Å². The van der Waals surface area contributed by atoms with E-state index in [9.17, 15) is 28.9 Å². The number of ether oxygens (including phenoxy) is 12. The molecule has 10 rings (SSSR count). The molecular weight excluding hydrogens is 1510 g/mol.